The summed E-state index contributed by atoms with van der Waals surface area (Å²) in [5.74, 6) is 0. The molecule has 1 heterocycles. The Balaban J connectivity index is 3.16. The molecule has 0 saturated carbocycles. The fraction of sp³-hybridized carbons (Fsp3) is 1.00. The van der Waals surface area contributed by atoms with Crippen LogP contribution in [0.25, 0.3) is 0 Å². The average Bonchev–Trinajstić information content (AvgIpc) is 2.13. The van der Waals surface area contributed by atoms with Crippen molar-refractivity contribution in [3.63, 3.8) is 0 Å². The number of rotatable bonds is 3. The second-order valence-electron chi connectivity index (χ2n) is 3.78. The van der Waals surface area contributed by atoms with Gasteiger partial charge in [-0.3, -0.25) is 19.0 Å². The fourth-order valence-electron chi connectivity index (χ4n) is 1.58. The minimum atomic E-state index is -4.77. The van der Waals surface area contributed by atoms with Crippen molar-refractivity contribution in [2.45, 2.75) is 28.8 Å². The van der Waals surface area contributed by atoms with E-state index in [2.05, 4.69) is 0 Å². The molecule has 0 aromatic carbocycles. The Morgan fingerprint density at radius 1 is 0.722 bits per heavy atom. The molecule has 1 aliphatic rings. The van der Waals surface area contributed by atoms with Gasteiger partial charge in [0.25, 0.3) is 30.4 Å². The van der Waals surface area contributed by atoms with Crippen molar-refractivity contribution in [3.8, 4) is 0 Å². The quantitative estimate of drug-likeness (QED) is 0.427. The molecule has 3 atom stereocenters. The molecular weight excluding hydrogens is 314 g/mol. The van der Waals surface area contributed by atoms with Crippen LogP contribution in [0, 0.1) is 0 Å². The van der Waals surface area contributed by atoms with E-state index in [4.69, 9.17) is 13.7 Å². The van der Waals surface area contributed by atoms with E-state index in [0.717, 1.165) is 0 Å². The third kappa shape index (κ3) is 3.84. The van der Waals surface area contributed by atoms with Crippen molar-refractivity contribution in [1.29, 1.82) is 0 Å². The predicted octanol–water partition coefficient (Wildman–Crippen LogP) is -1.95. The van der Waals surface area contributed by atoms with E-state index in [9.17, 15) is 25.3 Å². The van der Waals surface area contributed by atoms with E-state index >= 15 is 0 Å². The number of hydrogen-bond acceptors (Lipinski definition) is 7. The Bertz CT molecular complexity index is 521. The van der Waals surface area contributed by atoms with Gasteiger partial charge in [-0.25, -0.2) is 0 Å². The van der Waals surface area contributed by atoms with E-state index in [1.807, 2.05) is 5.32 Å². The molecule has 10 nitrogen and oxygen atoms in total. The lowest BCUT2D eigenvalue weighted by Gasteiger charge is -2.31. The smallest absolute Gasteiger partial charge is 0.281 e. The van der Waals surface area contributed by atoms with Gasteiger partial charge in [0.2, 0.25) is 0 Å². The SMILES string of the molecule is O=S(=O)(O)C1C[C@@H](S(=O)(=O)O)N[C@@H](S(=O)(=O)O)C1. The molecule has 0 aromatic heterocycles. The molecule has 4 N–H and O–H groups in total. The normalized spacial score (nSPS) is 31.2. The lowest BCUT2D eigenvalue weighted by atomic mass is 10.1. The Morgan fingerprint density at radius 3 is 1.28 bits per heavy atom. The first-order valence-electron chi connectivity index (χ1n) is 4.47. The maximum atomic E-state index is 10.9. The highest BCUT2D eigenvalue weighted by Crippen LogP contribution is 2.24. The number of nitrogens with one attached hydrogen (secondary N) is 1. The zero-order valence-corrected chi connectivity index (χ0v) is 11.1. The average molecular weight is 325 g/mol. The molecule has 13 heteroatoms. The molecule has 1 rings (SSSR count). The van der Waals surface area contributed by atoms with Crippen molar-refractivity contribution in [3.05, 3.63) is 0 Å². The Labute approximate surface area is 104 Å². The Morgan fingerprint density at radius 2 is 1.06 bits per heavy atom. The van der Waals surface area contributed by atoms with Crippen LogP contribution in [-0.4, -0.2) is 54.9 Å². The standard InChI is InChI=1S/C5H11NO9S3/c7-16(8,9)3-1-4(17(10,11)12)6-5(2-3)18(13,14)15/h3-6H,1-2H2,(H,7,8,9)(H,10,11,12)(H,13,14,15)/t3?,4-,5+. The molecule has 0 bridgehead atoms. The maximum absolute atomic E-state index is 10.9. The minimum Gasteiger partial charge on any atom is -0.285 e. The van der Waals surface area contributed by atoms with E-state index < -0.39 is 59.2 Å². The van der Waals surface area contributed by atoms with Crippen LogP contribution in [0.1, 0.15) is 12.8 Å². The summed E-state index contributed by atoms with van der Waals surface area (Å²) >= 11 is 0. The highest BCUT2D eigenvalue weighted by atomic mass is 32.2. The van der Waals surface area contributed by atoms with Crippen LogP contribution in [0.3, 0.4) is 0 Å². The van der Waals surface area contributed by atoms with Crippen LogP contribution >= 0.6 is 0 Å². The summed E-state index contributed by atoms with van der Waals surface area (Å²) in [6, 6.07) is 0. The van der Waals surface area contributed by atoms with E-state index in [0.29, 0.717) is 0 Å². The van der Waals surface area contributed by atoms with Gasteiger partial charge in [0.1, 0.15) is 10.7 Å². The summed E-state index contributed by atoms with van der Waals surface area (Å²) in [5.41, 5.74) is 0. The van der Waals surface area contributed by atoms with Gasteiger partial charge in [-0.2, -0.15) is 25.3 Å². The maximum Gasteiger partial charge on any atom is 0.281 e. The summed E-state index contributed by atoms with van der Waals surface area (Å²) in [7, 11) is -14.3. The van der Waals surface area contributed by atoms with Gasteiger partial charge in [-0.05, 0) is 12.8 Å². The fourth-order valence-corrected chi connectivity index (χ4v) is 4.40. The summed E-state index contributed by atoms with van der Waals surface area (Å²) in [4.78, 5) is 0. The lowest BCUT2D eigenvalue weighted by molar-refractivity contribution is 0.358. The molecule has 1 aliphatic heterocycles. The highest BCUT2D eigenvalue weighted by molar-refractivity contribution is 7.88. The molecule has 0 aliphatic carbocycles. The van der Waals surface area contributed by atoms with Gasteiger partial charge in [-0.1, -0.05) is 0 Å². The van der Waals surface area contributed by atoms with Gasteiger partial charge < -0.3 is 0 Å². The Hall–Kier alpha value is -0.310. The van der Waals surface area contributed by atoms with Crippen molar-refractivity contribution < 1.29 is 38.9 Å². The number of hydrogen-bond donors (Lipinski definition) is 4. The molecule has 1 fully saturated rings. The van der Waals surface area contributed by atoms with Crippen LogP contribution in [0.15, 0.2) is 0 Å². The zero-order valence-electron chi connectivity index (χ0n) is 8.66. The van der Waals surface area contributed by atoms with Gasteiger partial charge in [0, 0.05) is 0 Å². The molecule has 1 unspecified atom stereocenters. The second-order valence-corrected chi connectivity index (χ2v) is 8.68. The largest absolute Gasteiger partial charge is 0.285 e. The van der Waals surface area contributed by atoms with Crippen LogP contribution in [0.5, 0.6) is 0 Å². The van der Waals surface area contributed by atoms with Crippen LogP contribution < -0.4 is 5.32 Å². The minimum absolute atomic E-state index is 0.732. The third-order valence-electron chi connectivity index (χ3n) is 2.47. The van der Waals surface area contributed by atoms with E-state index in [1.165, 1.54) is 0 Å². The lowest BCUT2D eigenvalue weighted by Crippen LogP contribution is -2.55. The molecule has 0 radical (unpaired) electrons. The van der Waals surface area contributed by atoms with Gasteiger partial charge in [0.05, 0.1) is 5.25 Å². The number of piperidine rings is 1. The van der Waals surface area contributed by atoms with E-state index in [1.54, 1.807) is 0 Å². The van der Waals surface area contributed by atoms with Gasteiger partial charge in [-0.15, -0.1) is 0 Å². The molecule has 1 saturated heterocycles. The molecule has 108 valence electrons. The summed E-state index contributed by atoms with van der Waals surface area (Å²) < 4.78 is 91.6. The summed E-state index contributed by atoms with van der Waals surface area (Å²) in [5, 5.41) is -3.66. The summed E-state index contributed by atoms with van der Waals surface area (Å²) in [6.07, 6.45) is -1.46. The van der Waals surface area contributed by atoms with Crippen LogP contribution in [0.4, 0.5) is 0 Å². The molecule has 0 amide bonds. The predicted molar refractivity (Wildman–Crippen MR) is 58.4 cm³/mol. The van der Waals surface area contributed by atoms with Crippen molar-refractivity contribution in [1.82, 2.24) is 5.32 Å². The van der Waals surface area contributed by atoms with Gasteiger partial charge >= 0.3 is 0 Å². The topological polar surface area (TPSA) is 175 Å². The second kappa shape index (κ2) is 4.66. The van der Waals surface area contributed by atoms with Crippen LogP contribution in [0.2, 0.25) is 0 Å². The van der Waals surface area contributed by atoms with Gasteiger partial charge in [0.15, 0.2) is 0 Å². The highest BCUT2D eigenvalue weighted by Gasteiger charge is 2.44. The molecular formula is C5H11NO9S3. The first-order valence-corrected chi connectivity index (χ1v) is 8.97. The van der Waals surface area contributed by atoms with Crippen molar-refractivity contribution in [2.24, 2.45) is 0 Å². The molecule has 0 aromatic rings. The first-order chi connectivity index (χ1) is 7.82. The monoisotopic (exact) mass is 325 g/mol. The summed E-state index contributed by atoms with van der Waals surface area (Å²) in [6.45, 7) is 0. The van der Waals surface area contributed by atoms with Crippen molar-refractivity contribution >= 4 is 30.4 Å². The van der Waals surface area contributed by atoms with E-state index in [-0.39, 0.29) is 0 Å². The van der Waals surface area contributed by atoms with Crippen molar-refractivity contribution in [2.75, 3.05) is 0 Å². The third-order valence-corrected chi connectivity index (χ3v) is 5.79. The molecule has 0 spiro atoms. The van der Waals surface area contributed by atoms with Crippen LogP contribution in [-0.2, 0) is 30.4 Å². The molecule has 18 heavy (non-hydrogen) atoms. The first kappa shape index (κ1) is 15.7. The Kier molecular flexibility index (Phi) is 4.08. The zero-order chi connectivity index (χ0) is 14.4.